The van der Waals surface area contributed by atoms with E-state index in [0.29, 0.717) is 25.4 Å². The molecule has 0 saturated carbocycles. The van der Waals surface area contributed by atoms with Gasteiger partial charge in [-0.3, -0.25) is 9.52 Å². The predicted molar refractivity (Wildman–Crippen MR) is 124 cm³/mol. The molecule has 1 amide bonds. The quantitative estimate of drug-likeness (QED) is 0.523. The maximum absolute atomic E-state index is 12.4. The van der Waals surface area contributed by atoms with E-state index in [1.165, 1.54) is 0 Å². The molecule has 1 aromatic carbocycles. The number of thiophene rings is 1. The van der Waals surface area contributed by atoms with Crippen LogP contribution in [-0.4, -0.2) is 45.6 Å². The van der Waals surface area contributed by atoms with E-state index in [-0.39, 0.29) is 16.5 Å². The first-order chi connectivity index (χ1) is 15.5. The molecular formula is C22H24N4O4S2. The van der Waals surface area contributed by atoms with Gasteiger partial charge >= 0.3 is 0 Å². The van der Waals surface area contributed by atoms with Crippen molar-refractivity contribution in [2.75, 3.05) is 35.9 Å². The Labute approximate surface area is 191 Å². The van der Waals surface area contributed by atoms with Crippen molar-refractivity contribution in [2.24, 2.45) is 0 Å². The van der Waals surface area contributed by atoms with E-state index in [0.717, 1.165) is 41.4 Å². The molecule has 1 fully saturated rings. The molecule has 2 aromatic heterocycles. The van der Waals surface area contributed by atoms with Gasteiger partial charge in [0.2, 0.25) is 5.91 Å². The van der Waals surface area contributed by atoms with Gasteiger partial charge in [-0.1, -0.05) is 18.2 Å². The van der Waals surface area contributed by atoms with Crippen LogP contribution in [0, 0.1) is 0 Å². The first kappa shape index (κ1) is 22.3. The number of carbonyl (C=O) groups excluding carboxylic acids is 1. The molecular weight excluding hydrogens is 448 g/mol. The first-order valence-electron chi connectivity index (χ1n) is 10.2. The van der Waals surface area contributed by atoms with Gasteiger partial charge in [0.25, 0.3) is 10.0 Å². The number of hydrogen-bond donors (Lipinski definition) is 2. The lowest BCUT2D eigenvalue weighted by molar-refractivity contribution is -0.120. The number of nitrogens with zero attached hydrogens (tertiary/aromatic N) is 2. The summed E-state index contributed by atoms with van der Waals surface area (Å²) in [6.07, 6.45) is 1.96. The summed E-state index contributed by atoms with van der Waals surface area (Å²) in [6.45, 7) is 3.41. The van der Waals surface area contributed by atoms with Crippen LogP contribution in [0.4, 0.5) is 11.5 Å². The smallest absolute Gasteiger partial charge is 0.271 e. The van der Waals surface area contributed by atoms with Crippen molar-refractivity contribution in [3.05, 3.63) is 71.2 Å². The van der Waals surface area contributed by atoms with E-state index in [4.69, 9.17) is 4.74 Å². The highest BCUT2D eigenvalue weighted by Gasteiger charge is 2.15. The molecule has 4 rings (SSSR count). The molecule has 1 aliphatic heterocycles. The summed E-state index contributed by atoms with van der Waals surface area (Å²) in [7, 11) is -3.58. The molecule has 2 N–H and O–H groups in total. The van der Waals surface area contributed by atoms with Gasteiger partial charge in [-0.25, -0.2) is 13.4 Å². The monoisotopic (exact) mass is 472 g/mol. The highest BCUT2D eigenvalue weighted by atomic mass is 32.2. The third-order valence-electron chi connectivity index (χ3n) is 4.97. The molecule has 0 aliphatic carbocycles. The number of sulfonamides is 1. The number of benzene rings is 1. The molecule has 0 radical (unpaired) electrons. The number of rotatable bonds is 8. The molecule has 10 heteroatoms. The lowest BCUT2D eigenvalue weighted by atomic mass is 10.1. The fourth-order valence-corrected chi connectivity index (χ4v) is 5.35. The van der Waals surface area contributed by atoms with Crippen LogP contribution < -0.4 is 14.9 Å². The van der Waals surface area contributed by atoms with Gasteiger partial charge in [0.05, 0.1) is 19.6 Å². The summed E-state index contributed by atoms with van der Waals surface area (Å²) in [4.78, 5) is 19.0. The third-order valence-corrected chi connectivity index (χ3v) is 7.74. The summed E-state index contributed by atoms with van der Waals surface area (Å²) >= 11 is 1.16. The molecule has 3 heterocycles. The zero-order chi connectivity index (χ0) is 22.4. The molecule has 32 heavy (non-hydrogen) atoms. The van der Waals surface area contributed by atoms with Gasteiger partial charge in [0.15, 0.2) is 0 Å². The second-order valence-corrected chi connectivity index (χ2v) is 10.2. The van der Waals surface area contributed by atoms with Crippen LogP contribution >= 0.6 is 11.3 Å². The van der Waals surface area contributed by atoms with E-state index in [2.05, 4.69) is 19.9 Å². The minimum Gasteiger partial charge on any atom is -0.378 e. The number of carbonyl (C=O) groups is 1. The fraction of sp³-hybridized carbons (Fsp3) is 0.273. The average molecular weight is 473 g/mol. The van der Waals surface area contributed by atoms with Gasteiger partial charge in [0.1, 0.15) is 10.0 Å². The van der Waals surface area contributed by atoms with Crippen LogP contribution in [-0.2, 0) is 32.5 Å². The average Bonchev–Trinajstić information content (AvgIpc) is 3.36. The molecule has 168 valence electrons. The maximum atomic E-state index is 12.4. The Morgan fingerprint density at radius 1 is 1.09 bits per heavy atom. The first-order valence-corrected chi connectivity index (χ1v) is 12.6. The van der Waals surface area contributed by atoms with Crippen LogP contribution in [0.25, 0.3) is 0 Å². The Hall–Kier alpha value is -2.95. The minimum absolute atomic E-state index is 0.110. The minimum atomic E-state index is -3.58. The lowest BCUT2D eigenvalue weighted by Crippen LogP contribution is -2.36. The molecule has 0 spiro atoms. The van der Waals surface area contributed by atoms with Crippen molar-refractivity contribution in [3.63, 3.8) is 0 Å². The zero-order valence-corrected chi connectivity index (χ0v) is 19.0. The Balaban J connectivity index is 1.29. The Kier molecular flexibility index (Phi) is 7.03. The van der Waals surface area contributed by atoms with E-state index in [1.807, 2.05) is 12.1 Å². The van der Waals surface area contributed by atoms with Crippen molar-refractivity contribution in [1.29, 1.82) is 0 Å². The van der Waals surface area contributed by atoms with Crippen molar-refractivity contribution in [3.8, 4) is 0 Å². The molecule has 1 aliphatic rings. The van der Waals surface area contributed by atoms with E-state index >= 15 is 0 Å². The van der Waals surface area contributed by atoms with Crippen molar-refractivity contribution >= 4 is 38.8 Å². The van der Waals surface area contributed by atoms with E-state index in [1.54, 1.807) is 48.0 Å². The number of hydrogen-bond acceptors (Lipinski definition) is 7. The fourth-order valence-electron chi connectivity index (χ4n) is 3.30. The Bertz CT molecular complexity index is 1140. The van der Waals surface area contributed by atoms with Crippen molar-refractivity contribution in [2.45, 2.75) is 17.2 Å². The topological polar surface area (TPSA) is 101 Å². The van der Waals surface area contributed by atoms with Crippen LogP contribution in [0.5, 0.6) is 0 Å². The second kappa shape index (κ2) is 10.1. The number of ether oxygens (including phenoxy) is 1. The van der Waals surface area contributed by atoms with Crippen LogP contribution in [0.2, 0.25) is 0 Å². The van der Waals surface area contributed by atoms with Crippen LogP contribution in [0.3, 0.4) is 0 Å². The summed E-state index contributed by atoms with van der Waals surface area (Å²) in [5.74, 6) is 0.780. The predicted octanol–water partition coefficient (Wildman–Crippen LogP) is 2.64. The number of aromatic nitrogens is 1. The van der Waals surface area contributed by atoms with Crippen molar-refractivity contribution < 1.29 is 17.9 Å². The van der Waals surface area contributed by atoms with Gasteiger partial charge in [0, 0.05) is 31.5 Å². The number of pyridine rings is 1. The molecule has 3 aromatic rings. The highest BCUT2D eigenvalue weighted by Crippen LogP contribution is 2.20. The van der Waals surface area contributed by atoms with E-state index in [9.17, 15) is 13.2 Å². The van der Waals surface area contributed by atoms with Crippen LogP contribution in [0.15, 0.2) is 64.3 Å². The largest absolute Gasteiger partial charge is 0.378 e. The van der Waals surface area contributed by atoms with Gasteiger partial charge in [-0.05, 0) is 46.8 Å². The van der Waals surface area contributed by atoms with Crippen LogP contribution in [0.1, 0.15) is 11.1 Å². The lowest BCUT2D eigenvalue weighted by Gasteiger charge is -2.28. The second-order valence-electron chi connectivity index (χ2n) is 7.31. The Morgan fingerprint density at radius 3 is 2.59 bits per heavy atom. The van der Waals surface area contributed by atoms with Gasteiger partial charge in [-0.15, -0.1) is 11.3 Å². The maximum Gasteiger partial charge on any atom is 0.271 e. The summed E-state index contributed by atoms with van der Waals surface area (Å²) in [6, 6.07) is 13.9. The number of morpholine rings is 1. The Morgan fingerprint density at radius 2 is 1.88 bits per heavy atom. The molecule has 8 nitrogen and oxygen atoms in total. The highest BCUT2D eigenvalue weighted by molar-refractivity contribution is 7.94. The molecule has 0 unspecified atom stereocenters. The van der Waals surface area contributed by atoms with Gasteiger partial charge < -0.3 is 15.0 Å². The third kappa shape index (κ3) is 5.84. The number of anilines is 2. The summed E-state index contributed by atoms with van der Waals surface area (Å²) < 4.78 is 32.8. The summed E-state index contributed by atoms with van der Waals surface area (Å²) in [5, 5.41) is 4.64. The number of amides is 1. The number of nitrogens with one attached hydrogen (secondary N) is 2. The van der Waals surface area contributed by atoms with E-state index < -0.39 is 10.0 Å². The molecule has 0 bridgehead atoms. The molecule has 0 atom stereocenters. The summed E-state index contributed by atoms with van der Waals surface area (Å²) in [5.41, 5.74) is 2.23. The standard InChI is InChI=1S/C22H24N4O4S2/c27-21(24-16-18-7-8-23-20(14-18)26-9-11-30-12-10-26)15-17-3-5-19(6-4-17)25-32(28,29)22-2-1-13-31-22/h1-8,13-14,25H,9-12,15-16H2,(H,24,27). The molecule has 1 saturated heterocycles. The SMILES string of the molecule is O=C(Cc1ccc(NS(=O)(=O)c2cccs2)cc1)NCc1ccnc(N2CCOCC2)c1. The zero-order valence-electron chi connectivity index (χ0n) is 17.4. The van der Waals surface area contributed by atoms with Gasteiger partial charge in [-0.2, -0.15) is 0 Å². The van der Waals surface area contributed by atoms with Crippen molar-refractivity contribution in [1.82, 2.24) is 10.3 Å². The normalized spacial score (nSPS) is 14.2.